The van der Waals surface area contributed by atoms with Gasteiger partial charge in [0.1, 0.15) is 23.5 Å². The minimum Gasteiger partial charge on any atom is -0.368 e. The molecule has 1 saturated heterocycles. The number of likely N-dealkylation sites (tertiary alicyclic amines) is 1. The van der Waals surface area contributed by atoms with Crippen molar-refractivity contribution >= 4 is 23.6 Å². The van der Waals surface area contributed by atoms with Crippen LogP contribution < -0.4 is 16.4 Å². The number of piperidine rings is 1. The molecule has 4 N–H and O–H groups in total. The fourth-order valence-electron chi connectivity index (χ4n) is 4.43. The summed E-state index contributed by atoms with van der Waals surface area (Å²) in [5.74, 6) is -1.93. The van der Waals surface area contributed by atoms with Gasteiger partial charge in [0, 0.05) is 44.6 Å². The molecule has 3 atom stereocenters. The van der Waals surface area contributed by atoms with E-state index in [1.54, 1.807) is 29.9 Å². The number of aromatic nitrogens is 3. The third kappa shape index (κ3) is 6.18. The highest BCUT2D eigenvalue weighted by molar-refractivity contribution is 5.98. The summed E-state index contributed by atoms with van der Waals surface area (Å²) in [4.78, 5) is 61.1. The van der Waals surface area contributed by atoms with Crippen LogP contribution in [0.15, 0.2) is 67.3 Å². The first kappa shape index (κ1) is 25.5. The second kappa shape index (κ2) is 11.5. The molecule has 4 amide bonds. The van der Waals surface area contributed by atoms with Crippen molar-refractivity contribution in [1.82, 2.24) is 30.1 Å². The molecule has 37 heavy (non-hydrogen) atoms. The van der Waals surface area contributed by atoms with Gasteiger partial charge in [0.2, 0.25) is 11.8 Å². The number of aryl methyl sites for hydroxylation is 1. The van der Waals surface area contributed by atoms with E-state index in [1.807, 2.05) is 30.3 Å². The Hall–Kier alpha value is -4.54. The lowest BCUT2D eigenvalue weighted by molar-refractivity contribution is -0.131. The van der Waals surface area contributed by atoms with Crippen LogP contribution in [0.1, 0.15) is 39.4 Å². The summed E-state index contributed by atoms with van der Waals surface area (Å²) in [6.07, 6.45) is 6.81. The Morgan fingerprint density at radius 1 is 1.11 bits per heavy atom. The summed E-state index contributed by atoms with van der Waals surface area (Å²) in [7, 11) is 1.75. The molecule has 0 unspecified atom stereocenters. The van der Waals surface area contributed by atoms with Crippen molar-refractivity contribution in [1.29, 1.82) is 0 Å². The average molecular weight is 504 g/mol. The third-order valence-electron chi connectivity index (χ3n) is 6.40. The van der Waals surface area contributed by atoms with Crippen LogP contribution in [0.2, 0.25) is 0 Å². The maximum Gasteiger partial charge on any atom is 0.271 e. The minimum atomic E-state index is -0.962. The van der Waals surface area contributed by atoms with Crippen LogP contribution >= 0.6 is 0 Å². The maximum atomic E-state index is 13.5. The molecule has 2 aromatic heterocycles. The normalized spacial score (nSPS) is 18.0. The molecule has 3 aromatic rings. The molecule has 1 aliphatic rings. The van der Waals surface area contributed by atoms with E-state index in [0.29, 0.717) is 12.1 Å². The van der Waals surface area contributed by atoms with Gasteiger partial charge in [0.25, 0.3) is 11.8 Å². The van der Waals surface area contributed by atoms with Gasteiger partial charge in [0.05, 0.1) is 6.20 Å². The molecule has 0 aliphatic carbocycles. The fraction of sp³-hybridized carbons (Fsp3) is 0.308. The van der Waals surface area contributed by atoms with Crippen molar-refractivity contribution in [2.45, 2.75) is 37.4 Å². The highest BCUT2D eigenvalue weighted by atomic mass is 16.2. The zero-order valence-electron chi connectivity index (χ0n) is 20.4. The highest BCUT2D eigenvalue weighted by Crippen LogP contribution is 2.22. The Bertz CT molecular complexity index is 1260. The predicted molar refractivity (Wildman–Crippen MR) is 134 cm³/mol. The summed E-state index contributed by atoms with van der Waals surface area (Å²) in [6, 6.07) is 10.3. The molecule has 0 spiro atoms. The van der Waals surface area contributed by atoms with Crippen LogP contribution in [0.3, 0.4) is 0 Å². The van der Waals surface area contributed by atoms with Crippen molar-refractivity contribution in [3.8, 4) is 0 Å². The van der Waals surface area contributed by atoms with Crippen LogP contribution in [0, 0.1) is 0 Å². The topological polar surface area (TPSA) is 152 Å². The van der Waals surface area contributed by atoms with E-state index < -0.39 is 35.8 Å². The monoisotopic (exact) mass is 503 g/mol. The van der Waals surface area contributed by atoms with Gasteiger partial charge in [-0.2, -0.15) is 0 Å². The SMILES string of the molecule is Cn1cccc1C(=O)N1CC[C@H](NC(=O)c2cnccn2)C[C@H]1C(=O)N[C@H](Cc1ccccc1)C(N)=O. The standard InChI is InChI=1S/C26H29N7O4/c1-32-12-5-8-21(32)26(37)33-13-9-18(30-24(35)20-16-28-10-11-29-20)15-22(33)25(36)31-19(23(27)34)14-17-6-3-2-4-7-17/h2-8,10-12,16,18-19,22H,9,13-15H2,1H3,(H2,27,34)(H,30,35)(H,31,36)/t18-,19+,22-/m0/s1. The van der Waals surface area contributed by atoms with Gasteiger partial charge < -0.3 is 25.8 Å². The Kier molecular flexibility index (Phi) is 7.92. The number of benzene rings is 1. The molecular weight excluding hydrogens is 474 g/mol. The van der Waals surface area contributed by atoms with Crippen LogP contribution in [0.25, 0.3) is 0 Å². The van der Waals surface area contributed by atoms with E-state index in [0.717, 1.165) is 5.56 Å². The van der Waals surface area contributed by atoms with Gasteiger partial charge in [-0.25, -0.2) is 4.98 Å². The lowest BCUT2D eigenvalue weighted by Gasteiger charge is -2.39. The summed E-state index contributed by atoms with van der Waals surface area (Å²) in [5, 5.41) is 5.62. The van der Waals surface area contributed by atoms with E-state index in [2.05, 4.69) is 20.6 Å². The molecule has 0 radical (unpaired) electrons. The first-order valence-corrected chi connectivity index (χ1v) is 12.0. The number of hydrogen-bond donors (Lipinski definition) is 3. The molecule has 1 aromatic carbocycles. The number of primary amides is 1. The zero-order chi connectivity index (χ0) is 26.4. The van der Waals surface area contributed by atoms with E-state index in [4.69, 9.17) is 5.73 Å². The molecular formula is C26H29N7O4. The van der Waals surface area contributed by atoms with Crippen molar-refractivity contribution < 1.29 is 19.2 Å². The first-order valence-electron chi connectivity index (χ1n) is 12.0. The smallest absolute Gasteiger partial charge is 0.271 e. The maximum absolute atomic E-state index is 13.5. The second-order valence-electron chi connectivity index (χ2n) is 8.96. The van der Waals surface area contributed by atoms with Crippen molar-refractivity contribution in [2.75, 3.05) is 6.54 Å². The molecule has 0 bridgehead atoms. The number of rotatable bonds is 8. The number of nitrogens with zero attached hydrogens (tertiary/aromatic N) is 4. The molecule has 11 heteroatoms. The van der Waals surface area contributed by atoms with E-state index in [-0.39, 0.29) is 31.0 Å². The number of amides is 4. The van der Waals surface area contributed by atoms with Gasteiger partial charge in [-0.1, -0.05) is 30.3 Å². The average Bonchev–Trinajstić information content (AvgIpc) is 3.34. The molecule has 1 aliphatic heterocycles. The zero-order valence-corrected chi connectivity index (χ0v) is 20.4. The summed E-state index contributed by atoms with van der Waals surface area (Å²) in [5.41, 5.74) is 7.02. The number of carbonyl (C=O) groups excluding carboxylic acids is 4. The van der Waals surface area contributed by atoms with Crippen LogP contribution in [0.5, 0.6) is 0 Å². The Morgan fingerprint density at radius 3 is 2.54 bits per heavy atom. The third-order valence-corrected chi connectivity index (χ3v) is 6.40. The predicted octanol–water partition coefficient (Wildman–Crippen LogP) is 0.431. The van der Waals surface area contributed by atoms with E-state index >= 15 is 0 Å². The number of nitrogens with two attached hydrogens (primary N) is 1. The van der Waals surface area contributed by atoms with Crippen molar-refractivity contribution in [3.05, 3.63) is 84.2 Å². The van der Waals surface area contributed by atoms with Gasteiger partial charge in [-0.05, 0) is 30.5 Å². The molecule has 0 saturated carbocycles. The fourth-order valence-corrected chi connectivity index (χ4v) is 4.43. The highest BCUT2D eigenvalue weighted by Gasteiger charge is 2.39. The van der Waals surface area contributed by atoms with Crippen LogP contribution in [-0.4, -0.2) is 67.7 Å². The molecule has 192 valence electrons. The van der Waals surface area contributed by atoms with Crippen LogP contribution in [-0.2, 0) is 23.1 Å². The first-order chi connectivity index (χ1) is 17.8. The summed E-state index contributed by atoms with van der Waals surface area (Å²) >= 11 is 0. The number of carbonyl (C=O) groups is 4. The lowest BCUT2D eigenvalue weighted by Crippen LogP contribution is -2.60. The van der Waals surface area contributed by atoms with Gasteiger partial charge in [0.15, 0.2) is 0 Å². The molecule has 11 nitrogen and oxygen atoms in total. The number of nitrogens with one attached hydrogen (secondary N) is 2. The Labute approximate surface area is 214 Å². The largest absolute Gasteiger partial charge is 0.368 e. The summed E-state index contributed by atoms with van der Waals surface area (Å²) < 4.78 is 1.68. The van der Waals surface area contributed by atoms with Gasteiger partial charge >= 0.3 is 0 Å². The lowest BCUT2D eigenvalue weighted by atomic mass is 9.95. The quantitative estimate of drug-likeness (QED) is 0.405. The minimum absolute atomic E-state index is 0.155. The van der Waals surface area contributed by atoms with Crippen molar-refractivity contribution in [2.24, 2.45) is 12.8 Å². The molecule has 3 heterocycles. The van der Waals surface area contributed by atoms with Crippen molar-refractivity contribution in [3.63, 3.8) is 0 Å². The van der Waals surface area contributed by atoms with Gasteiger partial charge in [-0.3, -0.25) is 24.2 Å². The Morgan fingerprint density at radius 2 is 1.89 bits per heavy atom. The molecule has 4 rings (SSSR count). The van der Waals surface area contributed by atoms with Crippen LogP contribution in [0.4, 0.5) is 0 Å². The Balaban J connectivity index is 1.53. The van der Waals surface area contributed by atoms with E-state index in [1.165, 1.54) is 23.5 Å². The summed E-state index contributed by atoms with van der Waals surface area (Å²) in [6.45, 7) is 0.230. The van der Waals surface area contributed by atoms with Gasteiger partial charge in [-0.15, -0.1) is 0 Å². The van der Waals surface area contributed by atoms with E-state index in [9.17, 15) is 19.2 Å². The number of hydrogen-bond acceptors (Lipinski definition) is 6. The second-order valence-corrected chi connectivity index (χ2v) is 8.96. The molecule has 1 fully saturated rings.